The Morgan fingerprint density at radius 1 is 1.15 bits per heavy atom. The van der Waals surface area contributed by atoms with Crippen molar-refractivity contribution in [1.29, 1.82) is 0 Å². The van der Waals surface area contributed by atoms with Gasteiger partial charge in [-0.05, 0) is 66.5 Å². The quantitative estimate of drug-likeness (QED) is 0.319. The Morgan fingerprint density at radius 2 is 1.91 bits per heavy atom. The average Bonchev–Trinajstić information content (AvgIpc) is 3.07. The number of benzene rings is 2. The summed E-state index contributed by atoms with van der Waals surface area (Å²) in [5, 5.41) is 19.9. The van der Waals surface area contributed by atoms with Crippen LogP contribution in [0.4, 0.5) is 13.2 Å². The number of carbonyl (C=O) groups is 1. The number of hydrogen-bond donors (Lipinski definition) is 2. The Labute approximate surface area is 194 Å². The molecule has 0 aliphatic carbocycles. The molecular weight excluding hydrogens is 453 g/mol. The maximum Gasteiger partial charge on any atom is 0.416 e. The molecule has 4 nitrogen and oxygen atoms in total. The Hall–Kier alpha value is -2.74. The lowest BCUT2D eigenvalue weighted by Gasteiger charge is -2.17. The molecule has 0 aliphatic heterocycles. The molecule has 0 saturated heterocycles. The summed E-state index contributed by atoms with van der Waals surface area (Å²) in [6.07, 6.45) is -1.02. The number of phenols is 1. The molecule has 33 heavy (non-hydrogen) atoms. The Bertz CT molecular complexity index is 1120. The third-order valence-corrected chi connectivity index (χ3v) is 7.10. The molecule has 1 unspecified atom stereocenters. The first kappa shape index (κ1) is 24.9. The molecule has 3 aromatic rings. The van der Waals surface area contributed by atoms with Crippen LogP contribution in [-0.2, 0) is 17.4 Å². The van der Waals surface area contributed by atoms with E-state index in [1.807, 2.05) is 6.92 Å². The van der Waals surface area contributed by atoms with Gasteiger partial charge in [0.05, 0.1) is 18.6 Å². The Morgan fingerprint density at radius 3 is 2.55 bits per heavy atom. The normalized spacial score (nSPS) is 12.8. The standard InChI is InChI=1S/C25H27F3O4S/c1-3-4-5-17(10-11-32-21-9-6-16(12-20(21)29)13-23(30)31)24-15(2)19-8-7-18(25(26,27)28)14-22(19)33-24/h6-9,12,14,17,29H,3-5,10-11,13H2,1-2H3,(H,30,31). The third-order valence-electron chi connectivity index (χ3n) is 5.68. The van der Waals surface area contributed by atoms with Gasteiger partial charge in [-0.15, -0.1) is 11.3 Å². The highest BCUT2D eigenvalue weighted by Crippen LogP contribution is 2.41. The summed E-state index contributed by atoms with van der Waals surface area (Å²) in [7, 11) is 0. The van der Waals surface area contributed by atoms with Crippen molar-refractivity contribution < 1.29 is 32.9 Å². The van der Waals surface area contributed by atoms with Gasteiger partial charge in [-0.2, -0.15) is 13.2 Å². The SMILES string of the molecule is CCCCC(CCOc1ccc(CC(=O)O)cc1O)c1sc2cc(C(F)(F)F)ccc2c1C. The summed E-state index contributed by atoms with van der Waals surface area (Å²) in [5.74, 6) is -0.689. The van der Waals surface area contributed by atoms with Crippen LogP contribution in [-0.4, -0.2) is 22.8 Å². The fourth-order valence-corrected chi connectivity index (χ4v) is 5.37. The minimum absolute atomic E-state index is 0.114. The van der Waals surface area contributed by atoms with Crippen molar-refractivity contribution in [2.24, 2.45) is 0 Å². The summed E-state index contributed by atoms with van der Waals surface area (Å²) in [4.78, 5) is 11.9. The van der Waals surface area contributed by atoms with Crippen LogP contribution in [0, 0.1) is 6.92 Å². The number of aliphatic carboxylic acids is 1. The van der Waals surface area contributed by atoms with Crippen molar-refractivity contribution >= 4 is 27.4 Å². The van der Waals surface area contributed by atoms with Crippen molar-refractivity contribution in [1.82, 2.24) is 0 Å². The van der Waals surface area contributed by atoms with Crippen LogP contribution in [0.25, 0.3) is 10.1 Å². The van der Waals surface area contributed by atoms with Gasteiger partial charge in [0.2, 0.25) is 0 Å². The smallest absolute Gasteiger partial charge is 0.416 e. The highest BCUT2D eigenvalue weighted by molar-refractivity contribution is 7.19. The topological polar surface area (TPSA) is 66.8 Å². The number of phenolic OH excluding ortho intramolecular Hbond substituents is 1. The van der Waals surface area contributed by atoms with Gasteiger partial charge in [-0.1, -0.05) is 31.9 Å². The molecule has 0 radical (unpaired) electrons. The average molecular weight is 481 g/mol. The van der Waals surface area contributed by atoms with Crippen molar-refractivity contribution in [3.05, 3.63) is 58.0 Å². The van der Waals surface area contributed by atoms with Gasteiger partial charge >= 0.3 is 12.1 Å². The summed E-state index contributed by atoms with van der Waals surface area (Å²) < 4.78 is 45.8. The first-order chi connectivity index (χ1) is 15.6. The van der Waals surface area contributed by atoms with E-state index < -0.39 is 17.7 Å². The van der Waals surface area contributed by atoms with Crippen LogP contribution in [0.2, 0.25) is 0 Å². The molecule has 2 N–H and O–H groups in total. The van der Waals surface area contributed by atoms with Crippen molar-refractivity contribution in [3.63, 3.8) is 0 Å². The van der Waals surface area contributed by atoms with Gasteiger partial charge < -0.3 is 14.9 Å². The Balaban J connectivity index is 1.77. The molecule has 1 heterocycles. The first-order valence-electron chi connectivity index (χ1n) is 10.9. The van der Waals surface area contributed by atoms with Gasteiger partial charge in [0, 0.05) is 9.58 Å². The van der Waals surface area contributed by atoms with E-state index in [0.29, 0.717) is 23.3 Å². The van der Waals surface area contributed by atoms with Crippen molar-refractivity contribution in [3.8, 4) is 11.5 Å². The monoisotopic (exact) mass is 480 g/mol. The second kappa shape index (κ2) is 10.5. The molecule has 0 spiro atoms. The van der Waals surface area contributed by atoms with Crippen LogP contribution in [0.1, 0.15) is 60.1 Å². The van der Waals surface area contributed by atoms with E-state index in [1.54, 1.807) is 18.2 Å². The minimum Gasteiger partial charge on any atom is -0.504 e. The summed E-state index contributed by atoms with van der Waals surface area (Å²) in [6.45, 7) is 4.37. The number of fused-ring (bicyclic) bond motifs is 1. The summed E-state index contributed by atoms with van der Waals surface area (Å²) >= 11 is 1.41. The molecule has 0 fully saturated rings. The van der Waals surface area contributed by atoms with Gasteiger partial charge in [-0.25, -0.2) is 0 Å². The second-order valence-corrected chi connectivity index (χ2v) is 9.23. The first-order valence-corrected chi connectivity index (χ1v) is 11.7. The number of rotatable bonds is 10. The van der Waals surface area contributed by atoms with Crippen LogP contribution in [0.5, 0.6) is 11.5 Å². The van der Waals surface area contributed by atoms with E-state index in [4.69, 9.17) is 9.84 Å². The van der Waals surface area contributed by atoms with E-state index in [1.165, 1.54) is 23.5 Å². The van der Waals surface area contributed by atoms with E-state index in [-0.39, 0.29) is 23.8 Å². The van der Waals surface area contributed by atoms with Gasteiger partial charge in [0.25, 0.3) is 0 Å². The summed E-state index contributed by atoms with van der Waals surface area (Å²) in [5.41, 5.74) is 0.844. The molecule has 0 aliphatic rings. The lowest BCUT2D eigenvalue weighted by Crippen LogP contribution is -2.06. The van der Waals surface area contributed by atoms with E-state index in [0.717, 1.165) is 41.2 Å². The molecule has 0 amide bonds. The molecule has 2 aromatic carbocycles. The predicted octanol–water partition coefficient (Wildman–Crippen LogP) is 7.30. The van der Waals surface area contributed by atoms with Gasteiger partial charge in [-0.3, -0.25) is 4.79 Å². The Kier molecular flexibility index (Phi) is 7.89. The molecule has 8 heteroatoms. The fourth-order valence-electron chi connectivity index (χ4n) is 3.95. The second-order valence-electron chi connectivity index (χ2n) is 8.15. The van der Waals surface area contributed by atoms with E-state index >= 15 is 0 Å². The predicted molar refractivity (Wildman–Crippen MR) is 123 cm³/mol. The maximum atomic E-state index is 13.1. The maximum absolute atomic E-state index is 13.1. The van der Waals surface area contributed by atoms with Crippen molar-refractivity contribution in [2.45, 2.75) is 58.0 Å². The molecule has 0 saturated carbocycles. The molecule has 1 atom stereocenters. The highest BCUT2D eigenvalue weighted by Gasteiger charge is 2.31. The van der Waals surface area contributed by atoms with Gasteiger partial charge in [0.15, 0.2) is 11.5 Å². The summed E-state index contributed by atoms with van der Waals surface area (Å²) in [6, 6.07) is 8.45. The third kappa shape index (κ3) is 6.19. The number of aryl methyl sites for hydroxylation is 1. The number of unbranched alkanes of at least 4 members (excludes halogenated alkanes) is 1. The lowest BCUT2D eigenvalue weighted by atomic mass is 9.94. The minimum atomic E-state index is -4.37. The number of halogens is 3. The lowest BCUT2D eigenvalue weighted by molar-refractivity contribution is -0.138. The van der Waals surface area contributed by atoms with Crippen molar-refractivity contribution in [2.75, 3.05) is 6.61 Å². The molecule has 3 rings (SSSR count). The van der Waals surface area contributed by atoms with E-state index in [9.17, 15) is 23.1 Å². The number of thiophene rings is 1. The van der Waals surface area contributed by atoms with Crippen LogP contribution in [0.15, 0.2) is 36.4 Å². The zero-order valence-corrected chi connectivity index (χ0v) is 19.4. The van der Waals surface area contributed by atoms with E-state index in [2.05, 4.69) is 6.92 Å². The molecule has 178 valence electrons. The highest BCUT2D eigenvalue weighted by atomic mass is 32.1. The fraction of sp³-hybridized carbons (Fsp3) is 0.400. The molecule has 0 bridgehead atoms. The van der Waals surface area contributed by atoms with Crippen LogP contribution >= 0.6 is 11.3 Å². The number of alkyl halides is 3. The number of hydrogen-bond acceptors (Lipinski definition) is 4. The van der Waals surface area contributed by atoms with Crippen LogP contribution in [0.3, 0.4) is 0 Å². The molecule has 1 aromatic heterocycles. The number of aromatic hydroxyl groups is 1. The van der Waals surface area contributed by atoms with Gasteiger partial charge in [0.1, 0.15) is 0 Å². The zero-order valence-electron chi connectivity index (χ0n) is 18.5. The zero-order chi connectivity index (χ0) is 24.2. The number of carboxylic acid groups (broad SMARTS) is 1. The molecular formula is C25H27F3O4S. The van der Waals surface area contributed by atoms with Crippen LogP contribution < -0.4 is 4.74 Å². The number of carboxylic acids is 1. The largest absolute Gasteiger partial charge is 0.504 e. The number of ether oxygens (including phenoxy) is 1.